The van der Waals surface area contributed by atoms with Gasteiger partial charge in [-0.25, -0.2) is 0 Å². The second-order valence-electron chi connectivity index (χ2n) is 6.35. The van der Waals surface area contributed by atoms with E-state index in [0.717, 1.165) is 9.64 Å². The lowest BCUT2D eigenvalue weighted by molar-refractivity contribution is -0.384. The van der Waals surface area contributed by atoms with Crippen LogP contribution in [-0.2, 0) is 4.79 Å². The number of nitro groups is 1. The highest BCUT2D eigenvalue weighted by molar-refractivity contribution is 14.1. The van der Waals surface area contributed by atoms with Gasteiger partial charge in [0, 0.05) is 21.4 Å². The first kappa shape index (κ1) is 22.5. The third-order valence-electron chi connectivity index (χ3n) is 4.16. The van der Waals surface area contributed by atoms with Crippen molar-refractivity contribution in [2.24, 2.45) is 0 Å². The van der Waals surface area contributed by atoms with Gasteiger partial charge in [-0.3, -0.25) is 14.9 Å². The van der Waals surface area contributed by atoms with E-state index < -0.39 is 10.8 Å². The predicted molar refractivity (Wildman–Crippen MR) is 126 cm³/mol. The first-order valence-electron chi connectivity index (χ1n) is 9.05. The topological polar surface area (TPSA) is 129 Å². The van der Waals surface area contributed by atoms with Crippen molar-refractivity contribution in [3.05, 3.63) is 97.1 Å². The maximum atomic E-state index is 12.5. The van der Waals surface area contributed by atoms with E-state index in [9.17, 15) is 25.4 Å². The molecule has 0 radical (unpaired) electrons. The zero-order chi connectivity index (χ0) is 23.1. The third kappa shape index (κ3) is 5.68. The Balaban J connectivity index is 1.82. The van der Waals surface area contributed by atoms with Crippen LogP contribution < -0.4 is 10.1 Å². The van der Waals surface area contributed by atoms with Crippen molar-refractivity contribution < 1.29 is 14.5 Å². The highest BCUT2D eigenvalue weighted by Gasteiger charge is 2.13. The zero-order valence-corrected chi connectivity index (χ0v) is 18.4. The van der Waals surface area contributed by atoms with E-state index in [2.05, 4.69) is 27.9 Å². The maximum Gasteiger partial charge on any atom is 0.271 e. The molecule has 0 aliphatic heterocycles. The number of nitrogens with zero attached hydrogens (tertiary/aromatic N) is 3. The molecule has 0 aliphatic rings. The number of benzene rings is 3. The number of anilines is 1. The normalized spacial score (nSPS) is 10.5. The van der Waals surface area contributed by atoms with Crippen LogP contribution >= 0.6 is 22.6 Å². The first-order valence-corrected chi connectivity index (χ1v) is 10.1. The number of carbonyl (C=O) groups excluding carboxylic acids is 1. The summed E-state index contributed by atoms with van der Waals surface area (Å²) in [7, 11) is 0. The molecule has 1 amide bonds. The van der Waals surface area contributed by atoms with Crippen molar-refractivity contribution in [1.82, 2.24) is 0 Å². The molecule has 0 bridgehead atoms. The van der Waals surface area contributed by atoms with Gasteiger partial charge in [0.15, 0.2) is 0 Å². The van der Waals surface area contributed by atoms with Crippen molar-refractivity contribution in [2.75, 3.05) is 5.32 Å². The van der Waals surface area contributed by atoms with E-state index in [4.69, 9.17) is 4.74 Å². The molecule has 0 spiro atoms. The molecule has 3 aromatic rings. The summed E-state index contributed by atoms with van der Waals surface area (Å²) in [5.74, 6) is -0.0715. The minimum Gasteiger partial charge on any atom is -0.456 e. The third-order valence-corrected chi connectivity index (χ3v) is 4.88. The van der Waals surface area contributed by atoms with Gasteiger partial charge in [-0.1, -0.05) is 12.1 Å². The number of nitriles is 2. The van der Waals surface area contributed by atoms with E-state index in [-0.39, 0.29) is 22.6 Å². The van der Waals surface area contributed by atoms with Gasteiger partial charge in [0.25, 0.3) is 11.6 Å². The number of ether oxygens (including phenoxy) is 1. The number of amides is 1. The van der Waals surface area contributed by atoms with Gasteiger partial charge >= 0.3 is 0 Å². The molecule has 0 heterocycles. The van der Waals surface area contributed by atoms with Crippen LogP contribution in [0, 0.1) is 36.3 Å². The number of nitrogens with one attached hydrogen (secondary N) is 1. The number of hydrogen-bond acceptors (Lipinski definition) is 6. The van der Waals surface area contributed by atoms with Gasteiger partial charge in [0.2, 0.25) is 0 Å². The van der Waals surface area contributed by atoms with Crippen LogP contribution in [0.25, 0.3) is 6.08 Å². The number of hydrogen-bond donors (Lipinski definition) is 1. The molecule has 0 saturated heterocycles. The Hall–Kier alpha value is -4.22. The molecule has 1 N–H and O–H groups in total. The number of carbonyl (C=O) groups is 1. The Kier molecular flexibility index (Phi) is 7.16. The molecule has 0 unspecified atom stereocenters. The summed E-state index contributed by atoms with van der Waals surface area (Å²) < 4.78 is 6.71. The van der Waals surface area contributed by atoms with Gasteiger partial charge in [-0.15, -0.1) is 0 Å². The largest absolute Gasteiger partial charge is 0.456 e. The molecular weight excluding hydrogens is 523 g/mol. The van der Waals surface area contributed by atoms with Crippen LogP contribution in [0.1, 0.15) is 11.1 Å². The molecule has 32 heavy (non-hydrogen) atoms. The minimum absolute atomic E-state index is 0.00904. The fraction of sp³-hybridized carbons (Fsp3) is 0. The van der Waals surface area contributed by atoms with Gasteiger partial charge in [0.1, 0.15) is 34.8 Å². The van der Waals surface area contributed by atoms with Crippen LogP contribution in [0.5, 0.6) is 11.5 Å². The number of non-ortho nitro benzene ring substituents is 1. The average Bonchev–Trinajstić information content (AvgIpc) is 2.79. The van der Waals surface area contributed by atoms with Crippen molar-refractivity contribution in [3.8, 4) is 23.6 Å². The Bertz CT molecular complexity index is 1300. The monoisotopic (exact) mass is 536 g/mol. The van der Waals surface area contributed by atoms with E-state index >= 15 is 0 Å². The fourth-order valence-electron chi connectivity index (χ4n) is 2.65. The fourth-order valence-corrected chi connectivity index (χ4v) is 3.01. The molecule has 0 saturated carbocycles. The van der Waals surface area contributed by atoms with Crippen LogP contribution in [0.4, 0.5) is 11.4 Å². The molecule has 3 rings (SSSR count). The second kappa shape index (κ2) is 10.2. The zero-order valence-electron chi connectivity index (χ0n) is 16.3. The van der Waals surface area contributed by atoms with Crippen molar-refractivity contribution >= 4 is 45.9 Å². The summed E-state index contributed by atoms with van der Waals surface area (Å²) >= 11 is 2.15. The lowest BCUT2D eigenvalue weighted by Gasteiger charge is -2.08. The van der Waals surface area contributed by atoms with Crippen LogP contribution in [-0.4, -0.2) is 10.8 Å². The van der Waals surface area contributed by atoms with Crippen molar-refractivity contribution in [2.45, 2.75) is 0 Å². The highest BCUT2D eigenvalue weighted by Crippen LogP contribution is 2.29. The molecule has 0 aliphatic carbocycles. The van der Waals surface area contributed by atoms with Crippen LogP contribution in [0.15, 0.2) is 72.3 Å². The van der Waals surface area contributed by atoms with E-state index in [1.165, 1.54) is 18.2 Å². The lowest BCUT2D eigenvalue weighted by atomic mass is 10.1. The van der Waals surface area contributed by atoms with Crippen LogP contribution in [0.2, 0.25) is 0 Å². The number of halogens is 1. The molecule has 3 aromatic carbocycles. The summed E-state index contributed by atoms with van der Waals surface area (Å²) in [4.78, 5) is 22.7. The van der Waals surface area contributed by atoms with Gasteiger partial charge < -0.3 is 10.1 Å². The minimum atomic E-state index is -0.596. The van der Waals surface area contributed by atoms with Gasteiger partial charge in [-0.05, 0) is 76.7 Å². The second-order valence-corrected chi connectivity index (χ2v) is 7.60. The summed E-state index contributed by atoms with van der Waals surface area (Å²) in [6, 6.07) is 21.1. The summed E-state index contributed by atoms with van der Waals surface area (Å²) in [5.41, 5.74) is 0.778. The van der Waals surface area contributed by atoms with Crippen molar-refractivity contribution in [3.63, 3.8) is 0 Å². The Morgan fingerprint density at radius 2 is 1.84 bits per heavy atom. The number of nitro benzene ring substituents is 1. The lowest BCUT2D eigenvalue weighted by Crippen LogP contribution is -2.13. The Morgan fingerprint density at radius 1 is 1.09 bits per heavy atom. The molecular formula is C23H13IN4O4. The average molecular weight is 536 g/mol. The van der Waals surface area contributed by atoms with Crippen molar-refractivity contribution in [1.29, 1.82) is 10.5 Å². The molecule has 156 valence electrons. The predicted octanol–water partition coefficient (Wildman–Crippen LogP) is 5.41. The number of rotatable bonds is 6. The van der Waals surface area contributed by atoms with E-state index in [0.29, 0.717) is 17.0 Å². The maximum absolute atomic E-state index is 12.5. The Labute approximate surface area is 196 Å². The molecule has 0 aromatic heterocycles. The molecule has 0 fully saturated rings. The van der Waals surface area contributed by atoms with Gasteiger partial charge in [0.05, 0.1) is 4.92 Å². The standard InChI is InChI=1S/C23H13IN4O4/c24-18-4-6-19(7-5-18)27-23(29)17(14-26)10-15-2-1-3-21(11-15)32-22-9-8-20(28(30)31)12-16(22)13-25/h1-12H,(H,27,29)/b17-10+. The summed E-state index contributed by atoms with van der Waals surface area (Å²) in [5, 5.41) is 32.2. The highest BCUT2D eigenvalue weighted by atomic mass is 127. The summed E-state index contributed by atoms with van der Waals surface area (Å²) in [6.45, 7) is 0. The van der Waals surface area contributed by atoms with Gasteiger partial charge in [-0.2, -0.15) is 10.5 Å². The molecule has 8 nitrogen and oxygen atoms in total. The molecule has 9 heteroatoms. The van der Waals surface area contributed by atoms with E-state index in [1.807, 2.05) is 24.3 Å². The quantitative estimate of drug-likeness (QED) is 0.148. The van der Waals surface area contributed by atoms with Crippen LogP contribution in [0.3, 0.4) is 0 Å². The SMILES string of the molecule is N#C/C(=C\c1cccc(Oc2ccc([N+](=O)[O-])cc2C#N)c1)C(=O)Nc1ccc(I)cc1. The molecule has 0 atom stereocenters. The Morgan fingerprint density at radius 3 is 2.50 bits per heavy atom. The van der Waals surface area contributed by atoms with E-state index in [1.54, 1.807) is 36.4 Å². The smallest absolute Gasteiger partial charge is 0.271 e. The first-order chi connectivity index (χ1) is 15.4. The summed E-state index contributed by atoms with van der Waals surface area (Å²) in [6.07, 6.45) is 1.41.